The molecule has 2 aromatic rings. The summed E-state index contributed by atoms with van der Waals surface area (Å²) in [7, 11) is 0. The van der Waals surface area contributed by atoms with Gasteiger partial charge in [-0.05, 0) is 31.4 Å². The molecule has 1 fully saturated rings. The molecule has 0 bridgehead atoms. The fraction of sp³-hybridized carbons (Fsp3) is 0.400. The summed E-state index contributed by atoms with van der Waals surface area (Å²) in [6.07, 6.45) is 8.52. The first kappa shape index (κ1) is 16.5. The molecule has 24 heavy (non-hydrogen) atoms. The lowest BCUT2D eigenvalue weighted by Crippen LogP contribution is -2.26. The molecule has 2 heterocycles. The van der Waals surface area contributed by atoms with Crippen LogP contribution in [0.2, 0.25) is 0 Å². The zero-order chi connectivity index (χ0) is 16.8. The quantitative estimate of drug-likeness (QED) is 0.933. The Morgan fingerprint density at radius 1 is 1.12 bits per heavy atom. The summed E-state index contributed by atoms with van der Waals surface area (Å²) in [5.74, 6) is -0.0688. The average molecular weight is 323 g/mol. The highest BCUT2D eigenvalue weighted by Crippen LogP contribution is 2.19. The lowest BCUT2D eigenvalue weighted by Gasteiger charge is -2.22. The molecule has 4 nitrogen and oxygen atoms in total. The predicted molar refractivity (Wildman–Crippen MR) is 97.3 cm³/mol. The number of nitrogens with zero attached hydrogens (tertiary/aromatic N) is 2. The SMILES string of the molecule is Cc1cccc(CNC(=O)c2cncc(N3CCCCCC3)c2)c1. The van der Waals surface area contributed by atoms with E-state index in [2.05, 4.69) is 34.3 Å². The number of carbonyl (C=O) groups is 1. The maximum atomic E-state index is 12.4. The Kier molecular flexibility index (Phi) is 5.47. The van der Waals surface area contributed by atoms with Crippen LogP contribution in [0, 0.1) is 6.92 Å². The van der Waals surface area contributed by atoms with Crippen molar-refractivity contribution in [3.63, 3.8) is 0 Å². The van der Waals surface area contributed by atoms with Crippen LogP contribution in [0.4, 0.5) is 5.69 Å². The van der Waals surface area contributed by atoms with Gasteiger partial charge in [0.1, 0.15) is 0 Å². The minimum Gasteiger partial charge on any atom is -0.370 e. The summed E-state index contributed by atoms with van der Waals surface area (Å²) >= 11 is 0. The van der Waals surface area contributed by atoms with Crippen molar-refractivity contribution in [3.8, 4) is 0 Å². The van der Waals surface area contributed by atoms with Crippen LogP contribution in [0.15, 0.2) is 42.7 Å². The second-order valence-corrected chi connectivity index (χ2v) is 6.50. The topological polar surface area (TPSA) is 45.2 Å². The Bertz CT molecular complexity index is 691. The standard InChI is InChI=1S/C20H25N3O/c1-16-7-6-8-17(11-16)13-22-20(24)18-12-19(15-21-14-18)23-9-4-2-3-5-10-23/h6-8,11-12,14-15H,2-5,9-10,13H2,1H3,(H,22,24). The van der Waals surface area contributed by atoms with Crippen LogP contribution in [-0.4, -0.2) is 24.0 Å². The van der Waals surface area contributed by atoms with Crippen LogP contribution in [0.1, 0.15) is 47.2 Å². The highest BCUT2D eigenvalue weighted by molar-refractivity contribution is 5.94. The largest absolute Gasteiger partial charge is 0.370 e. The highest BCUT2D eigenvalue weighted by Gasteiger charge is 2.13. The first-order valence-corrected chi connectivity index (χ1v) is 8.76. The number of carbonyl (C=O) groups excluding carboxylic acids is 1. The Hall–Kier alpha value is -2.36. The molecule has 0 radical (unpaired) electrons. The number of aromatic nitrogens is 1. The number of hydrogen-bond donors (Lipinski definition) is 1. The van der Waals surface area contributed by atoms with Crippen molar-refractivity contribution >= 4 is 11.6 Å². The molecule has 1 aliphatic rings. The van der Waals surface area contributed by atoms with Crippen molar-refractivity contribution in [1.29, 1.82) is 0 Å². The third-order valence-electron chi connectivity index (χ3n) is 4.49. The maximum Gasteiger partial charge on any atom is 0.253 e. The lowest BCUT2D eigenvalue weighted by molar-refractivity contribution is 0.0950. The predicted octanol–water partition coefficient (Wildman–Crippen LogP) is 3.70. The zero-order valence-corrected chi connectivity index (χ0v) is 14.3. The average Bonchev–Trinajstić information content (AvgIpc) is 2.89. The van der Waals surface area contributed by atoms with Crippen molar-refractivity contribution in [2.45, 2.75) is 39.2 Å². The number of amides is 1. The molecule has 0 unspecified atom stereocenters. The number of nitrogens with one attached hydrogen (secondary N) is 1. The molecule has 0 atom stereocenters. The molecule has 1 amide bonds. The molecule has 0 spiro atoms. The Balaban J connectivity index is 1.65. The van der Waals surface area contributed by atoms with E-state index in [4.69, 9.17) is 0 Å². The van der Waals surface area contributed by atoms with E-state index in [1.807, 2.05) is 24.4 Å². The van der Waals surface area contributed by atoms with E-state index < -0.39 is 0 Å². The van der Waals surface area contributed by atoms with E-state index in [1.54, 1.807) is 6.20 Å². The van der Waals surface area contributed by atoms with Gasteiger partial charge in [-0.25, -0.2) is 0 Å². The molecule has 1 saturated heterocycles. The first-order chi connectivity index (χ1) is 11.7. The van der Waals surface area contributed by atoms with E-state index in [1.165, 1.54) is 31.2 Å². The van der Waals surface area contributed by atoms with Crippen LogP contribution in [0.25, 0.3) is 0 Å². The minimum absolute atomic E-state index is 0.0688. The monoisotopic (exact) mass is 323 g/mol. The summed E-state index contributed by atoms with van der Waals surface area (Å²) in [6, 6.07) is 10.1. The van der Waals surface area contributed by atoms with Gasteiger partial charge in [-0.2, -0.15) is 0 Å². The molecule has 1 aromatic carbocycles. The van der Waals surface area contributed by atoms with Gasteiger partial charge in [0, 0.05) is 25.8 Å². The van der Waals surface area contributed by atoms with Crippen LogP contribution in [0.3, 0.4) is 0 Å². The van der Waals surface area contributed by atoms with Gasteiger partial charge in [-0.15, -0.1) is 0 Å². The molecule has 0 saturated carbocycles. The summed E-state index contributed by atoms with van der Waals surface area (Å²) in [6.45, 7) is 4.69. The third-order valence-corrected chi connectivity index (χ3v) is 4.49. The maximum absolute atomic E-state index is 12.4. The van der Waals surface area contributed by atoms with Crippen LogP contribution in [0.5, 0.6) is 0 Å². The van der Waals surface area contributed by atoms with Crippen LogP contribution < -0.4 is 10.2 Å². The van der Waals surface area contributed by atoms with Crippen molar-refractivity contribution in [3.05, 3.63) is 59.4 Å². The molecule has 1 aliphatic heterocycles. The molecule has 126 valence electrons. The van der Waals surface area contributed by atoms with E-state index in [9.17, 15) is 4.79 Å². The van der Waals surface area contributed by atoms with Crippen LogP contribution >= 0.6 is 0 Å². The number of rotatable bonds is 4. The second-order valence-electron chi connectivity index (χ2n) is 6.50. The van der Waals surface area contributed by atoms with Gasteiger partial charge < -0.3 is 10.2 Å². The van der Waals surface area contributed by atoms with Crippen LogP contribution in [-0.2, 0) is 6.54 Å². The number of pyridine rings is 1. The zero-order valence-electron chi connectivity index (χ0n) is 14.3. The summed E-state index contributed by atoms with van der Waals surface area (Å²) in [5, 5.41) is 2.99. The molecule has 1 aromatic heterocycles. The van der Waals surface area contributed by atoms with Crippen molar-refractivity contribution in [2.24, 2.45) is 0 Å². The fourth-order valence-electron chi connectivity index (χ4n) is 3.16. The fourth-order valence-corrected chi connectivity index (χ4v) is 3.16. The highest BCUT2D eigenvalue weighted by atomic mass is 16.1. The summed E-state index contributed by atoms with van der Waals surface area (Å²) < 4.78 is 0. The molecular formula is C20H25N3O. The third kappa shape index (κ3) is 4.34. The van der Waals surface area contributed by atoms with Gasteiger partial charge in [0.25, 0.3) is 5.91 Å². The Morgan fingerprint density at radius 2 is 1.92 bits per heavy atom. The minimum atomic E-state index is -0.0688. The second kappa shape index (κ2) is 7.95. The molecule has 0 aliphatic carbocycles. The molecule has 1 N–H and O–H groups in total. The van der Waals surface area contributed by atoms with Gasteiger partial charge in [0.2, 0.25) is 0 Å². The first-order valence-electron chi connectivity index (χ1n) is 8.76. The van der Waals surface area contributed by atoms with E-state index in [-0.39, 0.29) is 5.91 Å². The Labute approximate surface area is 143 Å². The van der Waals surface area contributed by atoms with Gasteiger partial charge >= 0.3 is 0 Å². The van der Waals surface area contributed by atoms with Crippen molar-refractivity contribution in [1.82, 2.24) is 10.3 Å². The van der Waals surface area contributed by atoms with Crippen molar-refractivity contribution in [2.75, 3.05) is 18.0 Å². The number of aryl methyl sites for hydroxylation is 1. The normalized spacial score (nSPS) is 15.0. The molecule has 4 heteroatoms. The van der Waals surface area contributed by atoms with Gasteiger partial charge in [-0.1, -0.05) is 42.7 Å². The molecule has 3 rings (SSSR count). The van der Waals surface area contributed by atoms with Gasteiger partial charge in [0.05, 0.1) is 17.4 Å². The Morgan fingerprint density at radius 3 is 2.67 bits per heavy atom. The van der Waals surface area contributed by atoms with E-state index in [0.717, 1.165) is 24.3 Å². The van der Waals surface area contributed by atoms with Crippen molar-refractivity contribution < 1.29 is 4.79 Å². The number of benzene rings is 1. The van der Waals surface area contributed by atoms with Gasteiger partial charge in [-0.3, -0.25) is 9.78 Å². The summed E-state index contributed by atoms with van der Waals surface area (Å²) in [4.78, 5) is 19.1. The number of hydrogen-bond acceptors (Lipinski definition) is 3. The summed E-state index contributed by atoms with van der Waals surface area (Å²) in [5.41, 5.74) is 4.00. The van der Waals surface area contributed by atoms with E-state index >= 15 is 0 Å². The lowest BCUT2D eigenvalue weighted by atomic mass is 10.1. The van der Waals surface area contributed by atoms with Gasteiger partial charge in [0.15, 0.2) is 0 Å². The smallest absolute Gasteiger partial charge is 0.253 e. The molecular weight excluding hydrogens is 298 g/mol. The van der Waals surface area contributed by atoms with E-state index in [0.29, 0.717) is 12.1 Å². The number of anilines is 1.